The molecular weight excluding hydrogens is 260 g/mol. The fourth-order valence-electron chi connectivity index (χ4n) is 1.93. The monoisotopic (exact) mass is 278 g/mol. The minimum Gasteiger partial charge on any atom is -0.464 e. The fourth-order valence-corrected chi connectivity index (χ4v) is 1.93. The van der Waals surface area contributed by atoms with Gasteiger partial charge in [-0.2, -0.15) is 0 Å². The third-order valence-electron chi connectivity index (χ3n) is 3.01. The number of furan rings is 1. The van der Waals surface area contributed by atoms with Crippen LogP contribution in [-0.4, -0.2) is 30.1 Å². The van der Waals surface area contributed by atoms with E-state index in [0.717, 1.165) is 11.5 Å². The number of aryl methyl sites for hydroxylation is 2. The van der Waals surface area contributed by atoms with Gasteiger partial charge >= 0.3 is 0 Å². The van der Waals surface area contributed by atoms with Gasteiger partial charge in [-0.3, -0.25) is 4.79 Å². The molecule has 6 nitrogen and oxygen atoms in total. The molecule has 0 bridgehead atoms. The zero-order chi connectivity index (χ0) is 14.7. The van der Waals surface area contributed by atoms with Crippen LogP contribution in [0.15, 0.2) is 21.1 Å². The molecular formula is C14H18N2O4. The maximum atomic E-state index is 12.4. The Bertz CT molecular complexity index is 600. The van der Waals surface area contributed by atoms with E-state index in [1.807, 2.05) is 19.1 Å². The minimum absolute atomic E-state index is 0.219. The van der Waals surface area contributed by atoms with E-state index in [9.17, 15) is 4.79 Å². The van der Waals surface area contributed by atoms with E-state index < -0.39 is 0 Å². The van der Waals surface area contributed by atoms with Crippen LogP contribution in [0.1, 0.15) is 33.3 Å². The van der Waals surface area contributed by atoms with Gasteiger partial charge in [0, 0.05) is 14.2 Å². The normalized spacial score (nSPS) is 10.8. The van der Waals surface area contributed by atoms with Crippen LogP contribution in [0, 0.1) is 13.8 Å². The van der Waals surface area contributed by atoms with Gasteiger partial charge in [-0.1, -0.05) is 5.16 Å². The Morgan fingerprint density at radius 3 is 2.75 bits per heavy atom. The van der Waals surface area contributed by atoms with Gasteiger partial charge in [0.1, 0.15) is 17.3 Å². The fraction of sp³-hybridized carbons (Fsp3) is 0.429. The number of amides is 1. The molecule has 0 saturated carbocycles. The SMILES string of the molecule is COCc1c(C(=O)N(C)Cc2ccc(C)o2)noc1C. The quantitative estimate of drug-likeness (QED) is 0.839. The number of hydrogen-bond donors (Lipinski definition) is 0. The molecule has 0 aliphatic heterocycles. The first kappa shape index (κ1) is 14.3. The second-order valence-corrected chi connectivity index (χ2v) is 4.67. The average Bonchev–Trinajstić information content (AvgIpc) is 2.97. The first-order valence-corrected chi connectivity index (χ1v) is 6.27. The molecule has 2 heterocycles. The zero-order valence-corrected chi connectivity index (χ0v) is 12.1. The molecule has 0 unspecified atom stereocenters. The van der Waals surface area contributed by atoms with Crippen LogP contribution in [-0.2, 0) is 17.9 Å². The third kappa shape index (κ3) is 2.91. The van der Waals surface area contributed by atoms with E-state index >= 15 is 0 Å². The van der Waals surface area contributed by atoms with E-state index in [0.29, 0.717) is 24.5 Å². The highest BCUT2D eigenvalue weighted by atomic mass is 16.5. The topological polar surface area (TPSA) is 68.7 Å². The van der Waals surface area contributed by atoms with Gasteiger partial charge in [-0.05, 0) is 26.0 Å². The lowest BCUT2D eigenvalue weighted by molar-refractivity contribution is 0.0760. The number of ether oxygens (including phenoxy) is 1. The summed E-state index contributed by atoms with van der Waals surface area (Å²) in [6.45, 7) is 4.30. The number of methoxy groups -OCH3 is 1. The maximum absolute atomic E-state index is 12.4. The molecule has 0 aliphatic carbocycles. The lowest BCUT2D eigenvalue weighted by Crippen LogP contribution is -2.27. The van der Waals surface area contributed by atoms with Crippen LogP contribution in [0.2, 0.25) is 0 Å². The van der Waals surface area contributed by atoms with Gasteiger partial charge in [0.2, 0.25) is 0 Å². The van der Waals surface area contributed by atoms with Gasteiger partial charge < -0.3 is 18.6 Å². The molecule has 20 heavy (non-hydrogen) atoms. The van der Waals surface area contributed by atoms with Crippen LogP contribution in [0.25, 0.3) is 0 Å². The standard InChI is InChI=1S/C14H18N2O4/c1-9-5-6-11(19-9)7-16(3)14(17)13-12(8-18-4)10(2)20-15-13/h5-6H,7-8H2,1-4H3. The summed E-state index contributed by atoms with van der Waals surface area (Å²) in [5, 5.41) is 3.83. The van der Waals surface area contributed by atoms with Crippen molar-refractivity contribution in [2.75, 3.05) is 14.2 Å². The van der Waals surface area contributed by atoms with Crippen molar-refractivity contribution in [1.82, 2.24) is 10.1 Å². The van der Waals surface area contributed by atoms with Crippen molar-refractivity contribution in [2.24, 2.45) is 0 Å². The second kappa shape index (κ2) is 5.92. The zero-order valence-electron chi connectivity index (χ0n) is 12.1. The highest BCUT2D eigenvalue weighted by Crippen LogP contribution is 2.17. The number of nitrogens with zero attached hydrogens (tertiary/aromatic N) is 2. The molecule has 108 valence electrons. The average molecular weight is 278 g/mol. The van der Waals surface area contributed by atoms with Crippen molar-refractivity contribution in [1.29, 1.82) is 0 Å². The molecule has 0 atom stereocenters. The number of aromatic nitrogens is 1. The summed E-state index contributed by atoms with van der Waals surface area (Å²) >= 11 is 0. The Hall–Kier alpha value is -2.08. The van der Waals surface area contributed by atoms with E-state index in [4.69, 9.17) is 13.7 Å². The molecule has 0 fully saturated rings. The van der Waals surface area contributed by atoms with Crippen molar-refractivity contribution in [3.63, 3.8) is 0 Å². The molecule has 2 rings (SSSR count). The van der Waals surface area contributed by atoms with E-state index in [-0.39, 0.29) is 11.6 Å². The van der Waals surface area contributed by atoms with Crippen molar-refractivity contribution < 1.29 is 18.5 Å². The van der Waals surface area contributed by atoms with Crippen molar-refractivity contribution in [2.45, 2.75) is 27.0 Å². The highest BCUT2D eigenvalue weighted by molar-refractivity contribution is 5.93. The second-order valence-electron chi connectivity index (χ2n) is 4.67. The molecule has 2 aromatic heterocycles. The molecule has 0 aromatic carbocycles. The van der Waals surface area contributed by atoms with Gasteiger partial charge in [0.05, 0.1) is 18.7 Å². The van der Waals surface area contributed by atoms with Crippen molar-refractivity contribution >= 4 is 5.91 Å². The molecule has 1 amide bonds. The van der Waals surface area contributed by atoms with E-state index in [1.54, 1.807) is 21.1 Å². The van der Waals surface area contributed by atoms with Crippen LogP contribution in [0.3, 0.4) is 0 Å². The lowest BCUT2D eigenvalue weighted by atomic mass is 10.2. The molecule has 0 saturated heterocycles. The number of carbonyl (C=O) groups is 1. The highest BCUT2D eigenvalue weighted by Gasteiger charge is 2.23. The van der Waals surface area contributed by atoms with Gasteiger partial charge in [-0.25, -0.2) is 0 Å². The molecule has 6 heteroatoms. The Morgan fingerprint density at radius 1 is 1.40 bits per heavy atom. The molecule has 0 aliphatic rings. The van der Waals surface area contributed by atoms with Gasteiger partial charge in [-0.15, -0.1) is 0 Å². The van der Waals surface area contributed by atoms with Gasteiger partial charge in [0.25, 0.3) is 5.91 Å². The Labute approximate surface area is 117 Å². The first-order chi connectivity index (χ1) is 9.52. The summed E-state index contributed by atoms with van der Waals surface area (Å²) in [6, 6.07) is 3.72. The summed E-state index contributed by atoms with van der Waals surface area (Å²) in [6.07, 6.45) is 0. The Kier molecular flexibility index (Phi) is 4.24. The lowest BCUT2D eigenvalue weighted by Gasteiger charge is -2.14. The smallest absolute Gasteiger partial charge is 0.276 e. The summed E-state index contributed by atoms with van der Waals surface area (Å²) in [7, 11) is 3.26. The van der Waals surface area contributed by atoms with E-state index in [2.05, 4.69) is 5.16 Å². The van der Waals surface area contributed by atoms with Gasteiger partial charge in [0.15, 0.2) is 5.69 Å². The van der Waals surface area contributed by atoms with Crippen molar-refractivity contribution in [3.05, 3.63) is 40.7 Å². The Morgan fingerprint density at radius 2 is 2.15 bits per heavy atom. The molecule has 0 radical (unpaired) electrons. The number of carbonyl (C=O) groups excluding carboxylic acids is 1. The molecule has 0 N–H and O–H groups in total. The number of hydrogen-bond acceptors (Lipinski definition) is 5. The number of rotatable bonds is 5. The van der Waals surface area contributed by atoms with Crippen LogP contribution >= 0.6 is 0 Å². The third-order valence-corrected chi connectivity index (χ3v) is 3.01. The maximum Gasteiger partial charge on any atom is 0.276 e. The predicted octanol–water partition coefficient (Wildman–Crippen LogP) is 2.30. The summed E-state index contributed by atoms with van der Waals surface area (Å²) in [5.74, 6) is 1.92. The summed E-state index contributed by atoms with van der Waals surface area (Å²) in [5.41, 5.74) is 0.968. The summed E-state index contributed by atoms with van der Waals surface area (Å²) in [4.78, 5) is 13.9. The van der Waals surface area contributed by atoms with Crippen molar-refractivity contribution in [3.8, 4) is 0 Å². The largest absolute Gasteiger partial charge is 0.464 e. The van der Waals surface area contributed by atoms with Crippen LogP contribution in [0.4, 0.5) is 0 Å². The van der Waals surface area contributed by atoms with E-state index in [1.165, 1.54) is 4.90 Å². The van der Waals surface area contributed by atoms with Crippen LogP contribution < -0.4 is 0 Å². The summed E-state index contributed by atoms with van der Waals surface area (Å²) < 4.78 is 15.6. The minimum atomic E-state index is -0.219. The predicted molar refractivity (Wildman–Crippen MR) is 71.2 cm³/mol. The molecule has 0 spiro atoms. The Balaban J connectivity index is 2.14. The first-order valence-electron chi connectivity index (χ1n) is 6.27. The van der Waals surface area contributed by atoms with Crippen LogP contribution in [0.5, 0.6) is 0 Å². The molecule has 2 aromatic rings.